The van der Waals surface area contributed by atoms with Crippen LogP contribution in [0.5, 0.6) is 5.75 Å². The number of phenolic OH excluding ortho intramolecular Hbond substituents is 1. The summed E-state index contributed by atoms with van der Waals surface area (Å²) in [6.07, 6.45) is 4.54. The zero-order chi connectivity index (χ0) is 63.6. The van der Waals surface area contributed by atoms with Crippen LogP contribution in [0.3, 0.4) is 0 Å². The first-order chi connectivity index (χ1) is 40.2. The van der Waals surface area contributed by atoms with E-state index in [1.807, 2.05) is 67.5 Å². The van der Waals surface area contributed by atoms with Crippen LogP contribution in [0.1, 0.15) is 153 Å². The number of benzene rings is 1. The molecule has 1 fully saturated rings. The summed E-state index contributed by atoms with van der Waals surface area (Å²) in [5.74, 6) is -4.09. The average molecular weight is 1230 g/mol. The predicted octanol–water partition coefficient (Wildman–Crippen LogP) is 5.01. The third-order valence-corrected chi connectivity index (χ3v) is 17.5. The number of aliphatic hydroxyl groups excluding tert-OH is 1. The van der Waals surface area contributed by atoms with Gasteiger partial charge in [0.15, 0.2) is 11.9 Å². The van der Waals surface area contributed by atoms with Crippen molar-refractivity contribution < 1.29 is 67.6 Å². The van der Waals surface area contributed by atoms with Crippen LogP contribution in [-0.4, -0.2) is 192 Å². The number of hydrogen-bond acceptors (Lipinski definition) is 19. The molecule has 85 heavy (non-hydrogen) atoms. The summed E-state index contributed by atoms with van der Waals surface area (Å²) in [6.45, 7) is 15.8. The van der Waals surface area contributed by atoms with Gasteiger partial charge in [0.25, 0.3) is 5.91 Å². The van der Waals surface area contributed by atoms with E-state index in [0.717, 1.165) is 11.3 Å². The number of unbranched alkanes of at least 4 members (excludes halogenated alkanes) is 1. The number of anilines is 1. The number of thioether (sulfide) groups is 1. The number of likely N-dealkylation sites (N-methyl/N-ethyl adjacent to an activating group) is 1. The maximum Gasteiger partial charge on any atom is 0.303 e. The minimum atomic E-state index is -0.901. The lowest BCUT2D eigenvalue weighted by Crippen LogP contribution is -2.50. The van der Waals surface area contributed by atoms with Gasteiger partial charge in [0, 0.05) is 82.7 Å². The van der Waals surface area contributed by atoms with Crippen molar-refractivity contribution in [1.82, 2.24) is 35.6 Å². The summed E-state index contributed by atoms with van der Waals surface area (Å²) in [7, 11) is 5.39. The lowest BCUT2D eigenvalue weighted by Gasteiger charge is -2.38. The Morgan fingerprint density at radius 2 is 1.64 bits per heavy atom. The van der Waals surface area contributed by atoms with E-state index in [1.54, 1.807) is 35.7 Å². The van der Waals surface area contributed by atoms with Gasteiger partial charge in [-0.3, -0.25) is 53.0 Å². The molecule has 23 nitrogen and oxygen atoms in total. The molecule has 1 aliphatic heterocycles. The number of likely N-dealkylation sites (tertiary alicyclic amines) is 1. The predicted molar refractivity (Wildman–Crippen MR) is 328 cm³/mol. The fourth-order valence-electron chi connectivity index (χ4n) is 9.65. The van der Waals surface area contributed by atoms with Crippen LogP contribution in [0.15, 0.2) is 23.6 Å². The van der Waals surface area contributed by atoms with E-state index in [0.29, 0.717) is 49.2 Å². The maximum absolute atomic E-state index is 14.4. The number of carbonyl (C=O) groups excluding carboxylic acids is 9. The van der Waals surface area contributed by atoms with E-state index in [-0.39, 0.29) is 161 Å². The number of thiazole rings is 1. The summed E-state index contributed by atoms with van der Waals surface area (Å²) in [4.78, 5) is 127. The molecule has 478 valence electrons. The summed E-state index contributed by atoms with van der Waals surface area (Å²) in [5.41, 5.74) is 5.76. The summed E-state index contributed by atoms with van der Waals surface area (Å²) >= 11 is 2.47. The third-order valence-electron chi connectivity index (χ3n) is 15.7. The zero-order valence-corrected chi connectivity index (χ0v) is 53.8. The number of aromatic nitrogens is 1. The third kappa shape index (κ3) is 24.3. The van der Waals surface area contributed by atoms with Gasteiger partial charge in [-0.1, -0.05) is 47.1 Å². The van der Waals surface area contributed by atoms with Crippen LogP contribution in [-0.2, 0) is 59.0 Å². The zero-order valence-electron chi connectivity index (χ0n) is 52.1. The second kappa shape index (κ2) is 37.2. The number of hydrogen-bond donors (Lipinski definition) is 7. The van der Waals surface area contributed by atoms with Crippen molar-refractivity contribution in [3.8, 4) is 5.75 Å². The standard InChI is InChI=1S/C60H97N9O14S2/c1-13-39(5)43(32-51(73)60(7,8)67(9)10)58(79)68(11)47(37(2)3)33-49(83-40(6)71)57-66-46(36-85-57)56(78)63-42(29-38(4)35-70)30-41-19-20-48(72)45(31-41)65-53(75)21-25-81-27-28-82-26-23-62-55(77)44(17-14-15-22-61)64-52(74)18-16-24-69-54(76)34-50(84-12)59(69)80/h19-20,31,36-39,42-44,47,49-50,70,72H,13-18,21-30,32-35,61H2,1-12H3,(H,62,77)(H,63,78)(H,64,74)(H,65,75)/t38?,39-,42+,43-,44-,47+,49+,50?/m0/s1. The van der Waals surface area contributed by atoms with Crippen molar-refractivity contribution in [3.63, 3.8) is 0 Å². The van der Waals surface area contributed by atoms with Gasteiger partial charge in [-0.15, -0.1) is 11.3 Å². The molecule has 8 atom stereocenters. The summed E-state index contributed by atoms with van der Waals surface area (Å²) in [6, 6.07) is 2.95. The van der Waals surface area contributed by atoms with Crippen molar-refractivity contribution in [2.24, 2.45) is 29.4 Å². The van der Waals surface area contributed by atoms with Gasteiger partial charge in [-0.2, -0.15) is 11.8 Å². The van der Waals surface area contributed by atoms with Gasteiger partial charge in [0.1, 0.15) is 22.5 Å². The highest BCUT2D eigenvalue weighted by Crippen LogP contribution is 2.34. The smallest absolute Gasteiger partial charge is 0.303 e. The van der Waals surface area contributed by atoms with Crippen LogP contribution in [0.4, 0.5) is 5.69 Å². The highest BCUT2D eigenvalue weighted by molar-refractivity contribution is 8.00. The molecular weight excluding hydrogens is 1130 g/mol. The number of rotatable bonds is 41. The van der Waals surface area contributed by atoms with Crippen LogP contribution < -0.4 is 27.0 Å². The Labute approximate surface area is 510 Å². The van der Waals surface area contributed by atoms with Gasteiger partial charge >= 0.3 is 5.97 Å². The number of nitrogens with one attached hydrogen (secondary N) is 4. The highest BCUT2D eigenvalue weighted by Gasteiger charge is 2.40. The Balaban J connectivity index is 1.55. The highest BCUT2D eigenvalue weighted by atomic mass is 32.2. The molecule has 2 aromatic rings. The largest absolute Gasteiger partial charge is 0.506 e. The molecular formula is C60H97N9O14S2. The molecule has 1 aromatic carbocycles. The Morgan fingerprint density at radius 3 is 2.25 bits per heavy atom. The number of ether oxygens (including phenoxy) is 3. The van der Waals surface area contributed by atoms with E-state index >= 15 is 0 Å². The molecule has 25 heteroatoms. The quantitative estimate of drug-likeness (QED) is 0.0199. The fourth-order valence-corrected chi connectivity index (χ4v) is 11.1. The Bertz CT molecular complexity index is 2510. The molecule has 1 saturated heterocycles. The summed E-state index contributed by atoms with van der Waals surface area (Å²) in [5, 5.41) is 33.6. The first-order valence-corrected chi connectivity index (χ1v) is 31.8. The number of ketones is 1. The maximum atomic E-state index is 14.4. The van der Waals surface area contributed by atoms with Crippen molar-refractivity contribution >= 4 is 81.9 Å². The van der Waals surface area contributed by atoms with Gasteiger partial charge < -0.3 is 56.3 Å². The molecule has 8 N–H and O–H groups in total. The van der Waals surface area contributed by atoms with Gasteiger partial charge in [-0.25, -0.2) is 4.98 Å². The SMILES string of the molecule is CC[C@H](C)[C@H](CC(=O)C(C)(C)N(C)C)C(=O)N(C)[C@H](C[C@@H](OC(C)=O)c1nc(C(=O)N[C@@H](Cc2ccc(O)c(NC(=O)CCOCCOCCNC(=O)[C@H](CCCCN)NC(=O)CCCN3C(=O)CC(SC)C3=O)c2)CC(C)CO)cs1)C(C)C. The van der Waals surface area contributed by atoms with Gasteiger partial charge in [-0.05, 0) is 115 Å². The lowest BCUT2D eigenvalue weighted by atomic mass is 9.81. The summed E-state index contributed by atoms with van der Waals surface area (Å²) < 4.78 is 17.0. The van der Waals surface area contributed by atoms with Gasteiger partial charge in [0.05, 0.1) is 49.3 Å². The number of carbonyl (C=O) groups is 9. The molecule has 2 heterocycles. The normalized spacial score (nSPS) is 16.1. The number of esters is 1. The number of amides is 7. The Morgan fingerprint density at radius 1 is 0.941 bits per heavy atom. The number of nitrogens with two attached hydrogens (primary N) is 1. The minimum Gasteiger partial charge on any atom is -0.506 e. The minimum absolute atomic E-state index is 0.0386. The molecule has 1 aromatic heterocycles. The van der Waals surface area contributed by atoms with E-state index in [1.165, 1.54) is 29.7 Å². The van der Waals surface area contributed by atoms with E-state index in [2.05, 4.69) is 26.3 Å². The molecule has 0 spiro atoms. The van der Waals surface area contributed by atoms with E-state index in [9.17, 15) is 53.4 Å². The first-order valence-electron chi connectivity index (χ1n) is 29.6. The number of aromatic hydroxyl groups is 1. The molecule has 2 unspecified atom stereocenters. The topological polar surface area (TPSA) is 319 Å². The van der Waals surface area contributed by atoms with Crippen molar-refractivity contribution in [2.45, 2.75) is 167 Å². The Kier molecular flexibility index (Phi) is 32.2. The van der Waals surface area contributed by atoms with Crippen molar-refractivity contribution in [1.29, 1.82) is 0 Å². The monoisotopic (exact) mass is 1230 g/mol. The van der Waals surface area contributed by atoms with Crippen LogP contribution in [0.2, 0.25) is 0 Å². The lowest BCUT2D eigenvalue weighted by molar-refractivity contribution is -0.150. The fraction of sp³-hybridized carbons (Fsp3) is 0.700. The number of phenols is 1. The van der Waals surface area contributed by atoms with Crippen LogP contribution in [0.25, 0.3) is 0 Å². The molecule has 0 bridgehead atoms. The van der Waals surface area contributed by atoms with E-state index < -0.39 is 58.7 Å². The molecule has 3 rings (SSSR count). The number of nitrogens with zero attached hydrogens (tertiary/aromatic N) is 4. The molecule has 1 aliphatic rings. The number of imide groups is 1. The van der Waals surface area contributed by atoms with Crippen molar-refractivity contribution in [2.75, 3.05) is 85.4 Å². The second-order valence-electron chi connectivity index (χ2n) is 23.1. The molecule has 0 saturated carbocycles. The van der Waals surface area contributed by atoms with Crippen molar-refractivity contribution in [3.05, 3.63) is 39.8 Å². The Hall–Kier alpha value is -5.57. The van der Waals surface area contributed by atoms with E-state index in [4.69, 9.17) is 19.9 Å². The van der Waals surface area contributed by atoms with Crippen LogP contribution >= 0.6 is 23.1 Å². The molecule has 0 aliphatic carbocycles. The van der Waals surface area contributed by atoms with Gasteiger partial charge in [0.2, 0.25) is 35.4 Å². The molecule has 0 radical (unpaired) electrons. The first kappa shape index (κ1) is 73.7. The number of Topliss-reactive ketones (excluding diaryl/α,β-unsaturated/α-hetero) is 1. The second-order valence-corrected chi connectivity index (χ2v) is 25.1. The number of aliphatic hydroxyl groups is 1. The average Bonchev–Trinajstić information content (AvgIpc) is 3.70. The van der Waals surface area contributed by atoms with Crippen LogP contribution in [0, 0.1) is 23.7 Å². The molecule has 7 amide bonds.